The Morgan fingerprint density at radius 3 is 2.81 bits per heavy atom. The quantitative estimate of drug-likeness (QED) is 0.880. The molecule has 0 aliphatic rings. The maximum Gasteiger partial charge on any atom is 0.131 e. The molecule has 0 aliphatic carbocycles. The zero-order valence-corrected chi connectivity index (χ0v) is 10.1. The van der Waals surface area contributed by atoms with Crippen molar-refractivity contribution in [3.8, 4) is 5.75 Å². The highest BCUT2D eigenvalue weighted by molar-refractivity contribution is 6.25. The van der Waals surface area contributed by atoms with E-state index >= 15 is 0 Å². The molecule has 0 radical (unpaired) electrons. The molecule has 0 unspecified atom stereocenters. The summed E-state index contributed by atoms with van der Waals surface area (Å²) < 4.78 is 18.8. The van der Waals surface area contributed by atoms with Gasteiger partial charge in [-0.1, -0.05) is 17.7 Å². The topological polar surface area (TPSA) is 35.2 Å². The summed E-state index contributed by atoms with van der Waals surface area (Å²) in [5, 5.41) is 0. The molecular weight excluding hydrogens is 229 g/mol. The average molecular weight is 244 g/mol. The van der Waals surface area contributed by atoms with Crippen molar-refractivity contribution in [2.24, 2.45) is 5.73 Å². The lowest BCUT2D eigenvalue weighted by Gasteiger charge is -2.10. The Bertz CT molecular complexity index is 391. The zero-order chi connectivity index (χ0) is 12.1. The van der Waals surface area contributed by atoms with E-state index in [4.69, 9.17) is 22.1 Å². The number of halogens is 2. The van der Waals surface area contributed by atoms with Gasteiger partial charge in [-0.25, -0.2) is 4.39 Å². The van der Waals surface area contributed by atoms with Gasteiger partial charge in [-0.15, -0.1) is 0 Å². The fourth-order valence-electron chi connectivity index (χ4n) is 1.20. The van der Waals surface area contributed by atoms with Crippen molar-refractivity contribution >= 4 is 11.6 Å². The molecular formula is C12H15ClFNO. The van der Waals surface area contributed by atoms with E-state index in [0.717, 1.165) is 5.57 Å². The summed E-state index contributed by atoms with van der Waals surface area (Å²) >= 11 is 5.48. The lowest BCUT2D eigenvalue weighted by atomic mass is 10.1. The first kappa shape index (κ1) is 13.0. The molecule has 0 saturated carbocycles. The average Bonchev–Trinajstić information content (AvgIpc) is 2.25. The van der Waals surface area contributed by atoms with E-state index in [9.17, 15) is 4.39 Å². The number of rotatable bonds is 4. The van der Waals surface area contributed by atoms with Crippen LogP contribution in [0.2, 0.25) is 0 Å². The van der Waals surface area contributed by atoms with E-state index < -0.39 is 0 Å². The van der Waals surface area contributed by atoms with Gasteiger partial charge in [-0.2, -0.15) is 0 Å². The van der Waals surface area contributed by atoms with Crippen molar-refractivity contribution < 1.29 is 9.13 Å². The van der Waals surface area contributed by atoms with Gasteiger partial charge in [0.1, 0.15) is 18.2 Å². The van der Waals surface area contributed by atoms with Crippen LogP contribution in [0.15, 0.2) is 29.3 Å². The highest BCUT2D eigenvalue weighted by atomic mass is 35.5. The van der Waals surface area contributed by atoms with E-state index in [1.807, 2.05) is 6.92 Å². The zero-order valence-electron chi connectivity index (χ0n) is 9.34. The van der Waals surface area contributed by atoms with Crippen LogP contribution in [0.1, 0.15) is 25.5 Å². The fourth-order valence-corrected chi connectivity index (χ4v) is 1.26. The van der Waals surface area contributed by atoms with Crippen LogP contribution in [0.25, 0.3) is 0 Å². The number of hydrogen-bond donors (Lipinski definition) is 1. The van der Waals surface area contributed by atoms with E-state index in [2.05, 4.69) is 0 Å². The SMILES string of the molecule is C/C(=C\Cl)COc1ccc([C@@H](C)N)c(F)c1. The van der Waals surface area contributed by atoms with Gasteiger partial charge in [0.15, 0.2) is 0 Å². The Hall–Kier alpha value is -1.06. The predicted octanol–water partition coefficient (Wildman–Crippen LogP) is 3.37. The molecule has 1 rings (SSSR count). The van der Waals surface area contributed by atoms with Gasteiger partial charge in [0.05, 0.1) is 0 Å². The van der Waals surface area contributed by atoms with Crippen LogP contribution in [-0.4, -0.2) is 6.61 Å². The van der Waals surface area contributed by atoms with Crippen LogP contribution in [0, 0.1) is 5.82 Å². The molecule has 0 aromatic heterocycles. The number of ether oxygens (including phenoxy) is 1. The molecule has 0 aliphatic heterocycles. The van der Waals surface area contributed by atoms with Gasteiger partial charge in [0, 0.05) is 23.2 Å². The minimum atomic E-state index is -0.347. The monoisotopic (exact) mass is 243 g/mol. The minimum Gasteiger partial charge on any atom is -0.489 e. The Kier molecular flexibility index (Phi) is 4.77. The number of nitrogens with two attached hydrogens (primary N) is 1. The summed E-state index contributed by atoms with van der Waals surface area (Å²) in [6, 6.07) is 4.34. The standard InChI is InChI=1S/C12H15ClFNO/c1-8(6-13)7-16-10-3-4-11(9(2)15)12(14)5-10/h3-6,9H,7,15H2,1-2H3/b8-6+/t9-/m1/s1. The van der Waals surface area contributed by atoms with Crippen molar-refractivity contribution in [1.29, 1.82) is 0 Å². The first-order chi connectivity index (χ1) is 7.54. The summed E-state index contributed by atoms with van der Waals surface area (Å²) in [6.07, 6.45) is 0. The van der Waals surface area contributed by atoms with Gasteiger partial charge in [0.25, 0.3) is 0 Å². The normalized spacial score (nSPS) is 13.7. The van der Waals surface area contributed by atoms with Gasteiger partial charge >= 0.3 is 0 Å². The second-order valence-corrected chi connectivity index (χ2v) is 3.93. The van der Waals surface area contributed by atoms with E-state index in [1.54, 1.807) is 19.1 Å². The summed E-state index contributed by atoms with van der Waals surface area (Å²) in [6.45, 7) is 3.92. The Labute approximate surface area is 99.9 Å². The predicted molar refractivity (Wildman–Crippen MR) is 64.1 cm³/mol. The van der Waals surface area contributed by atoms with Crippen LogP contribution in [0.3, 0.4) is 0 Å². The van der Waals surface area contributed by atoms with E-state index in [-0.39, 0.29) is 11.9 Å². The van der Waals surface area contributed by atoms with Gasteiger partial charge < -0.3 is 10.5 Å². The van der Waals surface area contributed by atoms with Crippen molar-refractivity contribution in [2.45, 2.75) is 19.9 Å². The Morgan fingerprint density at radius 1 is 1.62 bits per heavy atom. The molecule has 0 heterocycles. The maximum atomic E-state index is 13.5. The van der Waals surface area contributed by atoms with Crippen molar-refractivity contribution in [2.75, 3.05) is 6.61 Å². The second kappa shape index (κ2) is 5.87. The third-order valence-corrected chi connectivity index (χ3v) is 2.49. The molecule has 2 N–H and O–H groups in total. The summed E-state index contributed by atoms with van der Waals surface area (Å²) in [5.41, 5.74) is 8.39. The van der Waals surface area contributed by atoms with Crippen LogP contribution < -0.4 is 10.5 Å². The van der Waals surface area contributed by atoms with Crippen molar-refractivity contribution in [3.05, 3.63) is 40.7 Å². The van der Waals surface area contributed by atoms with Crippen LogP contribution in [-0.2, 0) is 0 Å². The Morgan fingerprint density at radius 2 is 2.31 bits per heavy atom. The largest absolute Gasteiger partial charge is 0.489 e. The summed E-state index contributed by atoms with van der Waals surface area (Å²) in [4.78, 5) is 0. The maximum absolute atomic E-state index is 13.5. The molecule has 0 spiro atoms. The Balaban J connectivity index is 2.74. The highest BCUT2D eigenvalue weighted by Gasteiger charge is 2.07. The van der Waals surface area contributed by atoms with Gasteiger partial charge in [-0.05, 0) is 25.5 Å². The molecule has 1 aromatic carbocycles. The molecule has 1 aromatic rings. The van der Waals surface area contributed by atoms with Gasteiger partial charge in [-0.3, -0.25) is 0 Å². The molecule has 0 amide bonds. The smallest absolute Gasteiger partial charge is 0.131 e. The third kappa shape index (κ3) is 3.51. The lowest BCUT2D eigenvalue weighted by Crippen LogP contribution is -2.07. The molecule has 1 atom stereocenters. The molecule has 16 heavy (non-hydrogen) atoms. The summed E-state index contributed by atoms with van der Waals surface area (Å²) in [7, 11) is 0. The van der Waals surface area contributed by atoms with E-state index in [1.165, 1.54) is 11.6 Å². The van der Waals surface area contributed by atoms with Crippen molar-refractivity contribution in [3.63, 3.8) is 0 Å². The molecule has 0 saturated heterocycles. The van der Waals surface area contributed by atoms with Crippen LogP contribution in [0.4, 0.5) is 4.39 Å². The van der Waals surface area contributed by atoms with E-state index in [0.29, 0.717) is 17.9 Å². The third-order valence-electron chi connectivity index (χ3n) is 2.12. The molecule has 0 bridgehead atoms. The number of benzene rings is 1. The first-order valence-electron chi connectivity index (χ1n) is 4.98. The fraction of sp³-hybridized carbons (Fsp3) is 0.333. The van der Waals surface area contributed by atoms with Gasteiger partial charge in [0.2, 0.25) is 0 Å². The molecule has 2 nitrogen and oxygen atoms in total. The van der Waals surface area contributed by atoms with Crippen LogP contribution >= 0.6 is 11.6 Å². The molecule has 88 valence electrons. The lowest BCUT2D eigenvalue weighted by molar-refractivity contribution is 0.350. The second-order valence-electron chi connectivity index (χ2n) is 3.72. The number of hydrogen-bond acceptors (Lipinski definition) is 2. The van der Waals surface area contributed by atoms with Crippen LogP contribution in [0.5, 0.6) is 5.75 Å². The highest BCUT2D eigenvalue weighted by Crippen LogP contribution is 2.20. The van der Waals surface area contributed by atoms with Crippen molar-refractivity contribution in [1.82, 2.24) is 0 Å². The first-order valence-corrected chi connectivity index (χ1v) is 5.42. The summed E-state index contributed by atoms with van der Waals surface area (Å²) in [5.74, 6) is 0.125. The molecule has 0 fully saturated rings. The minimum absolute atomic E-state index is 0.321. The molecule has 4 heteroatoms.